The molecule has 3 rings (SSSR count). The summed E-state index contributed by atoms with van der Waals surface area (Å²) in [6.45, 7) is 4.77. The molecule has 4 nitrogen and oxygen atoms in total. The van der Waals surface area contributed by atoms with Crippen molar-refractivity contribution in [1.82, 2.24) is 14.9 Å². The van der Waals surface area contributed by atoms with Gasteiger partial charge < -0.3 is 4.74 Å². The van der Waals surface area contributed by atoms with Gasteiger partial charge in [0.1, 0.15) is 0 Å². The number of nitrogens with zero attached hydrogens (tertiary/aromatic N) is 3. The van der Waals surface area contributed by atoms with Crippen LogP contribution in [0, 0.1) is 5.92 Å². The van der Waals surface area contributed by atoms with Crippen LogP contribution in [0.5, 0.6) is 6.01 Å². The van der Waals surface area contributed by atoms with Gasteiger partial charge in [-0.15, -0.1) is 24.8 Å². The summed E-state index contributed by atoms with van der Waals surface area (Å²) < 4.78 is 5.14. The maximum absolute atomic E-state index is 5.14. The fraction of sp³-hybridized carbons (Fsp3) is 0.733. The molecule has 2 atom stereocenters. The monoisotopic (exact) mass is 333 g/mol. The Morgan fingerprint density at radius 3 is 2.86 bits per heavy atom. The van der Waals surface area contributed by atoms with E-state index in [1.807, 2.05) is 6.20 Å². The van der Waals surface area contributed by atoms with E-state index in [9.17, 15) is 0 Å². The average Bonchev–Trinajstić information content (AvgIpc) is 2.45. The van der Waals surface area contributed by atoms with E-state index >= 15 is 0 Å². The molecule has 0 bridgehead atoms. The summed E-state index contributed by atoms with van der Waals surface area (Å²) in [5.41, 5.74) is 2.54. The smallest absolute Gasteiger partial charge is 0.316 e. The molecule has 1 fully saturated rings. The van der Waals surface area contributed by atoms with Crippen molar-refractivity contribution in [2.24, 2.45) is 5.92 Å². The quantitative estimate of drug-likeness (QED) is 0.852. The highest BCUT2D eigenvalue weighted by atomic mass is 35.5. The van der Waals surface area contributed by atoms with Gasteiger partial charge in [0.25, 0.3) is 0 Å². The van der Waals surface area contributed by atoms with E-state index < -0.39 is 0 Å². The molecular formula is C15H25Cl2N3O. The number of aromatic nitrogens is 2. The molecule has 0 amide bonds. The van der Waals surface area contributed by atoms with Crippen LogP contribution in [0.1, 0.15) is 37.4 Å². The van der Waals surface area contributed by atoms with Gasteiger partial charge in [-0.05, 0) is 56.7 Å². The van der Waals surface area contributed by atoms with E-state index in [0.717, 1.165) is 18.8 Å². The minimum absolute atomic E-state index is 0. The van der Waals surface area contributed by atoms with E-state index in [1.165, 1.54) is 43.6 Å². The van der Waals surface area contributed by atoms with Crippen LogP contribution in [-0.2, 0) is 12.8 Å². The molecule has 0 unspecified atom stereocenters. The Balaban J connectivity index is 0.00000110. The van der Waals surface area contributed by atoms with E-state index in [1.54, 1.807) is 7.11 Å². The van der Waals surface area contributed by atoms with Crippen LogP contribution in [-0.4, -0.2) is 41.1 Å². The molecule has 0 aromatic carbocycles. The molecule has 2 aliphatic rings. The first kappa shape index (κ1) is 18.5. The van der Waals surface area contributed by atoms with Crippen LogP contribution >= 0.6 is 24.8 Å². The number of methoxy groups -OCH3 is 1. The van der Waals surface area contributed by atoms with Crippen molar-refractivity contribution in [1.29, 1.82) is 0 Å². The minimum atomic E-state index is 0. The number of halogens is 2. The molecule has 0 spiro atoms. The Labute approximate surface area is 139 Å². The Morgan fingerprint density at radius 1 is 1.33 bits per heavy atom. The first-order chi connectivity index (χ1) is 9.31. The highest BCUT2D eigenvalue weighted by Crippen LogP contribution is 2.34. The molecule has 1 aliphatic heterocycles. The normalized spacial score (nSPS) is 24.1. The first-order valence-electron chi connectivity index (χ1n) is 7.44. The Bertz CT molecular complexity index is 457. The summed E-state index contributed by atoms with van der Waals surface area (Å²) in [7, 11) is 1.64. The third kappa shape index (κ3) is 3.79. The number of hydrogen-bond donors (Lipinski definition) is 0. The maximum atomic E-state index is 5.14. The van der Waals surface area contributed by atoms with E-state index in [2.05, 4.69) is 21.8 Å². The Morgan fingerprint density at radius 2 is 2.14 bits per heavy atom. The molecule has 21 heavy (non-hydrogen) atoms. The molecule has 1 saturated heterocycles. The van der Waals surface area contributed by atoms with Gasteiger partial charge in [-0.2, -0.15) is 4.98 Å². The maximum Gasteiger partial charge on any atom is 0.316 e. The van der Waals surface area contributed by atoms with Crippen molar-refractivity contribution in [3.8, 4) is 6.01 Å². The highest BCUT2D eigenvalue weighted by Gasteiger charge is 2.35. The Hall–Kier alpha value is -0.580. The lowest BCUT2D eigenvalue weighted by molar-refractivity contribution is 0.0842. The molecule has 1 aliphatic carbocycles. The molecule has 0 radical (unpaired) electrons. The van der Waals surface area contributed by atoms with E-state index in [-0.39, 0.29) is 24.8 Å². The zero-order valence-electron chi connectivity index (χ0n) is 12.7. The number of ether oxygens (including phenoxy) is 1. The lowest BCUT2D eigenvalue weighted by Crippen LogP contribution is -2.49. The molecule has 2 heterocycles. The van der Waals surface area contributed by atoms with Crippen molar-refractivity contribution < 1.29 is 4.74 Å². The predicted octanol–water partition coefficient (Wildman–Crippen LogP) is 2.92. The van der Waals surface area contributed by atoms with Gasteiger partial charge in [-0.1, -0.05) is 6.92 Å². The second-order valence-corrected chi connectivity index (χ2v) is 5.74. The average molecular weight is 334 g/mol. The molecule has 0 saturated carbocycles. The van der Waals surface area contributed by atoms with Crippen molar-refractivity contribution >= 4 is 24.8 Å². The Kier molecular flexibility index (Phi) is 7.17. The van der Waals surface area contributed by atoms with Crippen LogP contribution in [0.15, 0.2) is 6.20 Å². The van der Waals surface area contributed by atoms with Gasteiger partial charge in [0.15, 0.2) is 0 Å². The number of piperidine rings is 1. The fourth-order valence-electron chi connectivity index (χ4n) is 3.65. The second kappa shape index (κ2) is 8.16. The van der Waals surface area contributed by atoms with Gasteiger partial charge in [0.05, 0.1) is 12.8 Å². The predicted molar refractivity (Wildman–Crippen MR) is 88.9 cm³/mol. The number of fused-ring (bicyclic) bond motifs is 2. The summed E-state index contributed by atoms with van der Waals surface area (Å²) in [5, 5.41) is 0. The number of hydrogen-bond acceptors (Lipinski definition) is 4. The zero-order chi connectivity index (χ0) is 13.2. The summed E-state index contributed by atoms with van der Waals surface area (Å²) in [6.07, 6.45) is 8.10. The van der Waals surface area contributed by atoms with Gasteiger partial charge in [0.2, 0.25) is 0 Å². The first-order valence-corrected chi connectivity index (χ1v) is 7.44. The van der Waals surface area contributed by atoms with Crippen LogP contribution in [0.2, 0.25) is 0 Å². The number of likely N-dealkylation sites (tertiary alicyclic amines) is 1. The zero-order valence-corrected chi connectivity index (χ0v) is 14.4. The van der Waals surface area contributed by atoms with Gasteiger partial charge in [-0.25, -0.2) is 4.98 Å². The molecule has 1 aromatic rings. The van der Waals surface area contributed by atoms with Crippen molar-refractivity contribution in [2.75, 3.05) is 20.2 Å². The minimum Gasteiger partial charge on any atom is -0.467 e. The fourth-order valence-corrected chi connectivity index (χ4v) is 3.65. The van der Waals surface area contributed by atoms with Crippen LogP contribution in [0.3, 0.4) is 0 Å². The molecular weight excluding hydrogens is 309 g/mol. The largest absolute Gasteiger partial charge is 0.467 e. The topological polar surface area (TPSA) is 38.2 Å². The SMILES string of the molecule is CCCN1CCC[C@H]2Cc3nc(OC)ncc3C[C@@H]21.Cl.Cl. The molecule has 6 heteroatoms. The van der Waals surface area contributed by atoms with Crippen molar-refractivity contribution in [2.45, 2.75) is 45.1 Å². The van der Waals surface area contributed by atoms with Gasteiger partial charge >= 0.3 is 6.01 Å². The van der Waals surface area contributed by atoms with Crippen LogP contribution in [0.25, 0.3) is 0 Å². The van der Waals surface area contributed by atoms with Crippen molar-refractivity contribution in [3.05, 3.63) is 17.5 Å². The summed E-state index contributed by atoms with van der Waals surface area (Å²) in [5.74, 6) is 0.771. The lowest BCUT2D eigenvalue weighted by Gasteiger charge is -2.44. The summed E-state index contributed by atoms with van der Waals surface area (Å²) in [6, 6.07) is 1.22. The summed E-state index contributed by atoms with van der Waals surface area (Å²) in [4.78, 5) is 11.5. The van der Waals surface area contributed by atoms with E-state index in [4.69, 9.17) is 4.74 Å². The molecule has 1 aromatic heterocycles. The molecule has 120 valence electrons. The molecule has 0 N–H and O–H groups in total. The van der Waals surface area contributed by atoms with Gasteiger partial charge in [0, 0.05) is 12.2 Å². The summed E-state index contributed by atoms with van der Waals surface area (Å²) >= 11 is 0. The standard InChI is InChI=1S/C15H23N3O.2ClH/c1-3-6-18-7-4-5-11-8-13-12(9-14(11)18)10-16-15(17-13)19-2;;/h10-11,14H,3-9H2,1-2H3;2*1H/t11-,14-;;/m0../s1. The number of rotatable bonds is 3. The van der Waals surface area contributed by atoms with Gasteiger partial charge in [-0.3, -0.25) is 4.90 Å². The third-order valence-electron chi connectivity index (χ3n) is 4.54. The van der Waals surface area contributed by atoms with Crippen LogP contribution < -0.4 is 4.74 Å². The third-order valence-corrected chi connectivity index (χ3v) is 4.54. The highest BCUT2D eigenvalue weighted by molar-refractivity contribution is 5.85. The second-order valence-electron chi connectivity index (χ2n) is 5.74. The van der Waals surface area contributed by atoms with Crippen LogP contribution in [0.4, 0.5) is 0 Å². The lowest BCUT2D eigenvalue weighted by atomic mass is 9.77. The van der Waals surface area contributed by atoms with Crippen molar-refractivity contribution in [3.63, 3.8) is 0 Å². The van der Waals surface area contributed by atoms with E-state index in [0.29, 0.717) is 12.1 Å².